The Morgan fingerprint density at radius 1 is 1.00 bits per heavy atom. The van der Waals surface area contributed by atoms with Gasteiger partial charge in [0.2, 0.25) is 5.91 Å². The Bertz CT molecular complexity index is 1360. The maximum Gasteiger partial charge on any atom is 0.306 e. The lowest BCUT2D eigenvalue weighted by molar-refractivity contribution is -0.143. The minimum absolute atomic E-state index is 0.147. The first-order valence-electron chi connectivity index (χ1n) is 13.2. The van der Waals surface area contributed by atoms with Gasteiger partial charge in [-0.05, 0) is 67.2 Å². The number of nitrogens with one attached hydrogen (secondary N) is 1. The SMILES string of the molecule is COc1cc2c(cc1OC)C(C(=Nc1ccc(CCN3CCC(C(=O)O)CC3)cc1)c1ccccc1)C(=O)N2. The summed E-state index contributed by atoms with van der Waals surface area (Å²) in [6.45, 7) is 2.54. The zero-order valence-electron chi connectivity index (χ0n) is 22.2. The molecular formula is C31H33N3O5. The zero-order chi connectivity index (χ0) is 27.4. The quantitative estimate of drug-likeness (QED) is 0.384. The summed E-state index contributed by atoms with van der Waals surface area (Å²) >= 11 is 0. The van der Waals surface area contributed by atoms with Crippen molar-refractivity contribution >= 4 is 29.0 Å². The number of aliphatic carboxylic acids is 1. The lowest BCUT2D eigenvalue weighted by Crippen LogP contribution is -2.37. The number of fused-ring (bicyclic) bond motifs is 1. The fourth-order valence-corrected chi connectivity index (χ4v) is 5.33. The van der Waals surface area contributed by atoms with Crippen molar-refractivity contribution in [1.82, 2.24) is 4.90 Å². The third-order valence-corrected chi connectivity index (χ3v) is 7.57. The predicted octanol–water partition coefficient (Wildman–Crippen LogP) is 4.90. The maximum atomic E-state index is 13.3. The predicted molar refractivity (Wildman–Crippen MR) is 151 cm³/mol. The van der Waals surface area contributed by atoms with Gasteiger partial charge in [0.1, 0.15) is 5.92 Å². The van der Waals surface area contributed by atoms with Gasteiger partial charge in [-0.25, -0.2) is 0 Å². The average Bonchev–Trinajstić information content (AvgIpc) is 3.29. The largest absolute Gasteiger partial charge is 0.493 e. The fourth-order valence-electron chi connectivity index (χ4n) is 5.33. The maximum absolute atomic E-state index is 13.3. The Labute approximate surface area is 228 Å². The van der Waals surface area contributed by atoms with E-state index >= 15 is 0 Å². The van der Waals surface area contributed by atoms with Crippen LogP contribution in [0.5, 0.6) is 11.5 Å². The smallest absolute Gasteiger partial charge is 0.306 e. The molecule has 0 radical (unpaired) electrons. The Morgan fingerprint density at radius 3 is 2.31 bits per heavy atom. The highest BCUT2D eigenvalue weighted by Crippen LogP contribution is 2.42. The molecule has 202 valence electrons. The molecule has 0 bridgehead atoms. The molecule has 0 spiro atoms. The van der Waals surface area contributed by atoms with E-state index in [-0.39, 0.29) is 11.8 Å². The minimum atomic E-state index is -0.682. The highest BCUT2D eigenvalue weighted by atomic mass is 16.5. The van der Waals surface area contributed by atoms with Crippen LogP contribution < -0.4 is 14.8 Å². The number of carbonyl (C=O) groups excluding carboxylic acids is 1. The average molecular weight is 528 g/mol. The van der Waals surface area contributed by atoms with E-state index in [9.17, 15) is 14.7 Å². The van der Waals surface area contributed by atoms with Gasteiger partial charge < -0.3 is 24.8 Å². The van der Waals surface area contributed by atoms with Gasteiger partial charge >= 0.3 is 5.97 Å². The van der Waals surface area contributed by atoms with Crippen LogP contribution in [0.3, 0.4) is 0 Å². The second kappa shape index (κ2) is 11.7. The van der Waals surface area contributed by atoms with Crippen molar-refractivity contribution in [2.24, 2.45) is 10.9 Å². The van der Waals surface area contributed by atoms with Crippen molar-refractivity contribution in [2.45, 2.75) is 25.2 Å². The standard InChI is InChI=1S/C31H33N3O5/c1-38-26-18-24-25(19-27(26)39-2)33-30(35)28(24)29(21-6-4-3-5-7-21)32-23-10-8-20(9-11-23)12-15-34-16-13-22(14-17-34)31(36)37/h3-11,18-19,22,28H,12-17H2,1-2H3,(H,33,35)(H,36,37). The second-order valence-corrected chi connectivity index (χ2v) is 9.95. The van der Waals surface area contributed by atoms with Gasteiger partial charge in [0.15, 0.2) is 11.5 Å². The molecular weight excluding hydrogens is 494 g/mol. The Morgan fingerprint density at radius 2 is 1.67 bits per heavy atom. The summed E-state index contributed by atoms with van der Waals surface area (Å²) in [4.78, 5) is 31.8. The second-order valence-electron chi connectivity index (χ2n) is 9.95. The monoisotopic (exact) mass is 527 g/mol. The molecule has 8 nitrogen and oxygen atoms in total. The van der Waals surface area contributed by atoms with Crippen LogP contribution in [0.25, 0.3) is 0 Å². The van der Waals surface area contributed by atoms with E-state index in [4.69, 9.17) is 14.5 Å². The summed E-state index contributed by atoms with van der Waals surface area (Å²) in [5, 5.41) is 12.2. The van der Waals surface area contributed by atoms with E-state index in [1.807, 2.05) is 48.5 Å². The van der Waals surface area contributed by atoms with Gasteiger partial charge in [-0.15, -0.1) is 0 Å². The van der Waals surface area contributed by atoms with E-state index < -0.39 is 11.9 Å². The number of likely N-dealkylation sites (tertiary alicyclic amines) is 1. The molecule has 2 N–H and O–H groups in total. The van der Waals surface area contributed by atoms with Crippen LogP contribution in [-0.2, 0) is 16.0 Å². The van der Waals surface area contributed by atoms with E-state index in [0.29, 0.717) is 35.7 Å². The van der Waals surface area contributed by atoms with Gasteiger partial charge in [0.25, 0.3) is 0 Å². The van der Waals surface area contributed by atoms with Crippen LogP contribution in [0.1, 0.15) is 35.4 Å². The third-order valence-electron chi connectivity index (χ3n) is 7.57. The molecule has 0 aliphatic carbocycles. The van der Waals surface area contributed by atoms with Crippen molar-refractivity contribution in [3.05, 3.63) is 83.4 Å². The summed E-state index contributed by atoms with van der Waals surface area (Å²) in [6, 6.07) is 21.5. The molecule has 1 saturated heterocycles. The van der Waals surface area contributed by atoms with E-state index in [2.05, 4.69) is 22.3 Å². The highest BCUT2D eigenvalue weighted by Gasteiger charge is 2.36. The fraction of sp³-hybridized carbons (Fsp3) is 0.323. The van der Waals surface area contributed by atoms with Crippen LogP contribution in [0.4, 0.5) is 11.4 Å². The Kier molecular flexibility index (Phi) is 7.93. The molecule has 3 aromatic rings. The van der Waals surface area contributed by atoms with Gasteiger partial charge in [0.05, 0.1) is 31.5 Å². The molecule has 0 saturated carbocycles. The minimum Gasteiger partial charge on any atom is -0.493 e. The van der Waals surface area contributed by atoms with E-state index in [1.165, 1.54) is 5.56 Å². The number of rotatable bonds is 9. The number of anilines is 1. The topological polar surface area (TPSA) is 100 Å². The first-order chi connectivity index (χ1) is 19.0. The van der Waals surface area contributed by atoms with Crippen LogP contribution in [0, 0.1) is 5.92 Å². The van der Waals surface area contributed by atoms with Gasteiger partial charge in [-0.3, -0.25) is 14.6 Å². The number of carbonyl (C=O) groups is 2. The lowest BCUT2D eigenvalue weighted by Gasteiger charge is -2.29. The summed E-state index contributed by atoms with van der Waals surface area (Å²) in [7, 11) is 3.15. The summed E-state index contributed by atoms with van der Waals surface area (Å²) in [5.41, 5.74) is 4.97. The number of hydrogen-bond acceptors (Lipinski definition) is 6. The van der Waals surface area contributed by atoms with Crippen LogP contribution in [-0.4, -0.2) is 61.4 Å². The molecule has 0 aromatic heterocycles. The van der Waals surface area contributed by atoms with Crippen LogP contribution in [0.15, 0.2) is 71.7 Å². The van der Waals surface area contributed by atoms with Crippen molar-refractivity contribution in [1.29, 1.82) is 0 Å². The van der Waals surface area contributed by atoms with Gasteiger partial charge in [-0.1, -0.05) is 42.5 Å². The number of piperidine rings is 1. The highest BCUT2D eigenvalue weighted by molar-refractivity contribution is 6.24. The molecule has 5 rings (SSSR count). The molecule has 2 aliphatic heterocycles. The molecule has 1 amide bonds. The normalized spacial score (nSPS) is 17.9. The number of carboxylic acid groups (broad SMARTS) is 1. The van der Waals surface area contributed by atoms with Crippen molar-refractivity contribution in [2.75, 3.05) is 39.2 Å². The molecule has 39 heavy (non-hydrogen) atoms. The third kappa shape index (κ3) is 5.81. The van der Waals surface area contributed by atoms with Gasteiger partial charge in [0, 0.05) is 18.3 Å². The van der Waals surface area contributed by atoms with Crippen molar-refractivity contribution in [3.63, 3.8) is 0 Å². The summed E-state index contributed by atoms with van der Waals surface area (Å²) in [6.07, 6.45) is 2.30. The molecule has 1 unspecified atom stereocenters. The first kappa shape index (κ1) is 26.4. The number of aliphatic imine (C=N–C) groups is 1. The molecule has 2 heterocycles. The molecule has 8 heteroatoms. The lowest BCUT2D eigenvalue weighted by atomic mass is 9.90. The van der Waals surface area contributed by atoms with Crippen LogP contribution >= 0.6 is 0 Å². The van der Waals surface area contributed by atoms with Gasteiger partial charge in [-0.2, -0.15) is 0 Å². The first-order valence-corrected chi connectivity index (χ1v) is 13.2. The number of methoxy groups -OCH3 is 2. The summed E-state index contributed by atoms with van der Waals surface area (Å²) in [5.74, 6) is -0.534. The van der Waals surface area contributed by atoms with Crippen molar-refractivity contribution in [3.8, 4) is 11.5 Å². The zero-order valence-corrected chi connectivity index (χ0v) is 22.2. The number of carboxylic acids is 1. The van der Waals surface area contributed by atoms with Crippen LogP contribution in [0.2, 0.25) is 0 Å². The molecule has 1 atom stereocenters. The summed E-state index contributed by atoms with van der Waals surface area (Å²) < 4.78 is 10.9. The molecule has 3 aromatic carbocycles. The molecule has 2 aliphatic rings. The molecule has 1 fully saturated rings. The Hall–Kier alpha value is -4.17. The van der Waals surface area contributed by atoms with Crippen molar-refractivity contribution < 1.29 is 24.2 Å². The van der Waals surface area contributed by atoms with E-state index in [0.717, 1.165) is 42.9 Å². The van der Waals surface area contributed by atoms with E-state index in [1.54, 1.807) is 20.3 Å². The Balaban J connectivity index is 1.38. The number of benzene rings is 3. The number of amides is 1. The number of hydrogen-bond donors (Lipinski definition) is 2. The number of ether oxygens (including phenoxy) is 2. The number of nitrogens with zero attached hydrogens (tertiary/aromatic N) is 2.